The molecule has 1 aromatic rings. The summed E-state index contributed by atoms with van der Waals surface area (Å²) in [6.45, 7) is 8.49. The Balaban J connectivity index is 0.00000320. The van der Waals surface area contributed by atoms with E-state index in [4.69, 9.17) is 0 Å². The highest BCUT2D eigenvalue weighted by atomic mass is 127. The average molecular weight is 527 g/mol. The number of rotatable bonds is 7. The monoisotopic (exact) mass is 527 g/mol. The molecule has 2 saturated heterocycles. The fourth-order valence-corrected chi connectivity index (χ4v) is 4.07. The van der Waals surface area contributed by atoms with Crippen molar-refractivity contribution in [2.24, 2.45) is 10.9 Å². The van der Waals surface area contributed by atoms with Gasteiger partial charge in [-0.1, -0.05) is 19.1 Å². The molecule has 0 spiro atoms. The highest BCUT2D eigenvalue weighted by Crippen LogP contribution is 2.21. The molecule has 0 aliphatic carbocycles. The fraction of sp³-hybridized carbons (Fsp3) is 0.652. The Hall–Kier alpha value is -1.35. The molecular formula is C23H38IN5O. The third-order valence-electron chi connectivity index (χ3n) is 6.07. The number of likely N-dealkylation sites (tertiary alicyclic amines) is 1. The fourth-order valence-electron chi connectivity index (χ4n) is 4.07. The lowest BCUT2D eigenvalue weighted by atomic mass is 9.99. The quantitative estimate of drug-likeness (QED) is 0.246. The van der Waals surface area contributed by atoms with E-state index in [1.165, 1.54) is 31.5 Å². The minimum absolute atomic E-state index is 0. The largest absolute Gasteiger partial charge is 0.356 e. The number of anilines is 1. The van der Waals surface area contributed by atoms with E-state index in [0.29, 0.717) is 6.42 Å². The molecule has 2 heterocycles. The van der Waals surface area contributed by atoms with E-state index >= 15 is 0 Å². The van der Waals surface area contributed by atoms with Crippen LogP contribution >= 0.6 is 24.0 Å². The SMILES string of the molecule is CN=C(NCCCN1CCC(C)CC1)NCc1ccc(N2CCCCC2=O)cc1.I. The molecule has 30 heavy (non-hydrogen) atoms. The minimum atomic E-state index is 0. The van der Waals surface area contributed by atoms with E-state index in [9.17, 15) is 4.79 Å². The Kier molecular flexibility index (Phi) is 10.9. The van der Waals surface area contributed by atoms with Gasteiger partial charge in [0.15, 0.2) is 5.96 Å². The Labute approximate surface area is 198 Å². The summed E-state index contributed by atoms with van der Waals surface area (Å²) in [5.41, 5.74) is 2.19. The number of hydrogen-bond acceptors (Lipinski definition) is 3. The predicted molar refractivity (Wildman–Crippen MR) is 136 cm³/mol. The number of carbonyl (C=O) groups is 1. The van der Waals surface area contributed by atoms with Gasteiger partial charge in [0.05, 0.1) is 0 Å². The van der Waals surface area contributed by atoms with Gasteiger partial charge in [-0.25, -0.2) is 0 Å². The van der Waals surface area contributed by atoms with Crippen LogP contribution in [0.2, 0.25) is 0 Å². The van der Waals surface area contributed by atoms with Gasteiger partial charge in [0.25, 0.3) is 0 Å². The number of amides is 1. The molecule has 0 bridgehead atoms. The maximum Gasteiger partial charge on any atom is 0.226 e. The normalized spacial score (nSPS) is 18.8. The van der Waals surface area contributed by atoms with Crippen molar-refractivity contribution >= 4 is 41.5 Å². The molecule has 6 nitrogen and oxygen atoms in total. The first-order valence-electron chi connectivity index (χ1n) is 11.2. The molecule has 2 aliphatic heterocycles. The van der Waals surface area contributed by atoms with Gasteiger partial charge >= 0.3 is 0 Å². The standard InChI is InChI=1S/C23H37N5O.HI/c1-19-11-16-27(17-12-19)14-5-13-25-23(24-2)26-18-20-7-9-21(10-8-20)28-15-4-3-6-22(28)29;/h7-10,19H,3-6,11-18H2,1-2H3,(H2,24,25,26);1H. The van der Waals surface area contributed by atoms with E-state index in [-0.39, 0.29) is 29.9 Å². The molecule has 168 valence electrons. The second kappa shape index (κ2) is 13.1. The van der Waals surface area contributed by atoms with Crippen molar-refractivity contribution in [3.05, 3.63) is 29.8 Å². The van der Waals surface area contributed by atoms with E-state index < -0.39 is 0 Å². The lowest BCUT2D eigenvalue weighted by Crippen LogP contribution is -2.39. The molecule has 1 aromatic carbocycles. The molecular weight excluding hydrogens is 489 g/mol. The molecule has 3 rings (SSSR count). The zero-order chi connectivity index (χ0) is 20.5. The first-order valence-corrected chi connectivity index (χ1v) is 11.2. The summed E-state index contributed by atoms with van der Waals surface area (Å²) >= 11 is 0. The van der Waals surface area contributed by atoms with Gasteiger partial charge in [0, 0.05) is 38.8 Å². The molecule has 2 aliphatic rings. The zero-order valence-electron chi connectivity index (χ0n) is 18.5. The van der Waals surface area contributed by atoms with Gasteiger partial charge in [-0.2, -0.15) is 0 Å². The topological polar surface area (TPSA) is 60.0 Å². The van der Waals surface area contributed by atoms with Crippen LogP contribution in [0.3, 0.4) is 0 Å². The summed E-state index contributed by atoms with van der Waals surface area (Å²) in [7, 11) is 1.81. The minimum Gasteiger partial charge on any atom is -0.356 e. The lowest BCUT2D eigenvalue weighted by Gasteiger charge is -2.30. The van der Waals surface area contributed by atoms with Crippen molar-refractivity contribution in [2.75, 3.05) is 44.7 Å². The number of guanidine groups is 1. The van der Waals surface area contributed by atoms with Crippen LogP contribution in [0, 0.1) is 5.92 Å². The number of carbonyl (C=O) groups excluding carboxylic acids is 1. The van der Waals surface area contributed by atoms with Crippen LogP contribution in [-0.2, 0) is 11.3 Å². The summed E-state index contributed by atoms with van der Waals surface area (Å²) in [6.07, 6.45) is 6.58. The van der Waals surface area contributed by atoms with Gasteiger partial charge in [-0.05, 0) is 75.4 Å². The number of aliphatic imine (C=N–C) groups is 1. The summed E-state index contributed by atoms with van der Waals surface area (Å²) in [5, 5.41) is 6.80. The van der Waals surface area contributed by atoms with Crippen molar-refractivity contribution < 1.29 is 4.79 Å². The smallest absolute Gasteiger partial charge is 0.226 e. The summed E-state index contributed by atoms with van der Waals surface area (Å²) in [4.78, 5) is 20.9. The number of halogens is 1. The van der Waals surface area contributed by atoms with Crippen LogP contribution in [0.4, 0.5) is 5.69 Å². The van der Waals surface area contributed by atoms with Gasteiger partial charge in [-0.3, -0.25) is 9.79 Å². The summed E-state index contributed by atoms with van der Waals surface area (Å²) in [6, 6.07) is 8.29. The maximum atomic E-state index is 12.1. The van der Waals surface area contributed by atoms with Crippen molar-refractivity contribution in [1.29, 1.82) is 0 Å². The highest BCUT2D eigenvalue weighted by molar-refractivity contribution is 14.0. The van der Waals surface area contributed by atoms with Crippen molar-refractivity contribution in [3.63, 3.8) is 0 Å². The molecule has 2 fully saturated rings. The lowest BCUT2D eigenvalue weighted by molar-refractivity contribution is -0.119. The number of benzene rings is 1. The Morgan fingerprint density at radius 3 is 2.50 bits per heavy atom. The molecule has 1 amide bonds. The highest BCUT2D eigenvalue weighted by Gasteiger charge is 2.19. The molecule has 0 unspecified atom stereocenters. The molecule has 7 heteroatoms. The van der Waals surface area contributed by atoms with Gasteiger partial charge in [-0.15, -0.1) is 24.0 Å². The van der Waals surface area contributed by atoms with E-state index in [0.717, 1.165) is 63.0 Å². The van der Waals surface area contributed by atoms with Crippen LogP contribution in [-0.4, -0.2) is 56.5 Å². The van der Waals surface area contributed by atoms with Crippen molar-refractivity contribution in [1.82, 2.24) is 15.5 Å². The molecule has 2 N–H and O–H groups in total. The zero-order valence-corrected chi connectivity index (χ0v) is 20.9. The third-order valence-corrected chi connectivity index (χ3v) is 6.07. The second-order valence-electron chi connectivity index (χ2n) is 8.40. The molecule has 0 radical (unpaired) electrons. The Morgan fingerprint density at radius 2 is 1.83 bits per heavy atom. The molecule has 0 atom stereocenters. The number of nitrogens with zero attached hydrogens (tertiary/aromatic N) is 3. The third kappa shape index (κ3) is 7.72. The first kappa shape index (κ1) is 24.9. The Morgan fingerprint density at radius 1 is 1.10 bits per heavy atom. The average Bonchev–Trinajstić information content (AvgIpc) is 2.75. The van der Waals surface area contributed by atoms with Gasteiger partial charge < -0.3 is 20.4 Å². The van der Waals surface area contributed by atoms with Crippen LogP contribution in [0.15, 0.2) is 29.3 Å². The van der Waals surface area contributed by atoms with Crippen LogP contribution in [0.5, 0.6) is 0 Å². The summed E-state index contributed by atoms with van der Waals surface area (Å²) in [5.74, 6) is 1.97. The second-order valence-corrected chi connectivity index (χ2v) is 8.40. The van der Waals surface area contributed by atoms with E-state index in [1.54, 1.807) is 0 Å². The van der Waals surface area contributed by atoms with Crippen molar-refractivity contribution in [2.45, 2.75) is 52.0 Å². The van der Waals surface area contributed by atoms with Crippen LogP contribution in [0.25, 0.3) is 0 Å². The maximum absolute atomic E-state index is 12.1. The molecule has 0 aromatic heterocycles. The Bertz CT molecular complexity index is 671. The first-order chi connectivity index (χ1) is 14.2. The van der Waals surface area contributed by atoms with Gasteiger partial charge in [0.1, 0.15) is 0 Å². The number of hydrogen-bond donors (Lipinski definition) is 2. The predicted octanol–water partition coefficient (Wildman–Crippen LogP) is 3.61. The van der Waals surface area contributed by atoms with Gasteiger partial charge in [0.2, 0.25) is 5.91 Å². The number of nitrogens with one attached hydrogen (secondary N) is 2. The number of piperidine rings is 2. The van der Waals surface area contributed by atoms with Crippen LogP contribution in [0.1, 0.15) is 51.0 Å². The van der Waals surface area contributed by atoms with E-state index in [1.807, 2.05) is 11.9 Å². The van der Waals surface area contributed by atoms with Crippen molar-refractivity contribution in [3.8, 4) is 0 Å². The molecule has 0 saturated carbocycles. The van der Waals surface area contributed by atoms with Crippen LogP contribution < -0.4 is 15.5 Å². The summed E-state index contributed by atoms with van der Waals surface area (Å²) < 4.78 is 0. The van der Waals surface area contributed by atoms with E-state index in [2.05, 4.69) is 51.7 Å².